The number of anilines is 6. The molecule has 6 aromatic carbocycles. The number of hydrogen-bond acceptors (Lipinski definition) is 3. The first-order valence-electron chi connectivity index (χ1n) is 19.8. The fraction of sp³-hybridized carbons (Fsp3) is 0.255. The van der Waals surface area contributed by atoms with Crippen molar-refractivity contribution in [3.63, 3.8) is 0 Å². The maximum absolute atomic E-state index is 2.62. The van der Waals surface area contributed by atoms with Gasteiger partial charge in [0.05, 0.1) is 5.69 Å². The van der Waals surface area contributed by atoms with Crippen LogP contribution in [-0.4, -0.2) is 6.71 Å². The zero-order valence-electron chi connectivity index (χ0n) is 34.3. The molecule has 0 fully saturated rings. The van der Waals surface area contributed by atoms with Crippen molar-refractivity contribution < 1.29 is 0 Å². The molecule has 0 N–H and O–H groups in total. The van der Waals surface area contributed by atoms with Gasteiger partial charge in [-0.1, -0.05) is 113 Å². The molecule has 2 nitrogen and oxygen atoms in total. The maximum atomic E-state index is 2.62. The van der Waals surface area contributed by atoms with Gasteiger partial charge in [-0.2, -0.15) is 0 Å². The van der Waals surface area contributed by atoms with E-state index in [4.69, 9.17) is 0 Å². The predicted octanol–water partition coefficient (Wildman–Crippen LogP) is 12.8. The molecule has 0 spiro atoms. The minimum atomic E-state index is 0.0265. The van der Waals surface area contributed by atoms with E-state index in [9.17, 15) is 0 Å². The molecule has 0 aliphatic carbocycles. The van der Waals surface area contributed by atoms with Crippen molar-refractivity contribution in [2.45, 2.75) is 87.0 Å². The van der Waals surface area contributed by atoms with Gasteiger partial charge < -0.3 is 9.80 Å². The molecule has 0 unspecified atom stereocenters. The van der Waals surface area contributed by atoms with Crippen molar-refractivity contribution in [3.05, 3.63) is 148 Å². The van der Waals surface area contributed by atoms with Crippen LogP contribution < -0.4 is 25.5 Å². The minimum absolute atomic E-state index is 0.0265. The third-order valence-electron chi connectivity index (χ3n) is 11.9. The Morgan fingerprint density at radius 3 is 1.71 bits per heavy atom. The van der Waals surface area contributed by atoms with E-state index in [2.05, 4.69) is 195 Å². The summed E-state index contributed by atoms with van der Waals surface area (Å²) in [5.41, 5.74) is 22.1. The standard InChI is InChI=1S/C51H51BN2S/c1-30-12-18-38(19-13-30)53-42-22-14-31(2)26-41(42)52-47-43(53)27-35(46-33(4)24-32(3)25-34(46)5)28-44(47)54(39-20-15-36(16-21-39)50(6,7)8)48-40-29-37(51(9,10)11)17-23-45(40)55-49(48)52/h12-29H,1-11H3. The zero-order valence-corrected chi connectivity index (χ0v) is 35.1. The highest BCUT2D eigenvalue weighted by Gasteiger charge is 2.45. The average molecular weight is 735 g/mol. The second-order valence-corrected chi connectivity index (χ2v) is 19.4. The molecular formula is C51H51BN2S. The lowest BCUT2D eigenvalue weighted by atomic mass is 9.36. The van der Waals surface area contributed by atoms with Gasteiger partial charge in [-0.25, -0.2) is 0 Å². The molecule has 0 bridgehead atoms. The van der Waals surface area contributed by atoms with E-state index in [1.807, 2.05) is 11.3 Å². The van der Waals surface area contributed by atoms with E-state index < -0.39 is 0 Å². The minimum Gasteiger partial charge on any atom is -0.311 e. The normalized spacial score (nSPS) is 13.6. The third kappa shape index (κ3) is 5.75. The van der Waals surface area contributed by atoms with Gasteiger partial charge in [0.2, 0.25) is 0 Å². The van der Waals surface area contributed by atoms with Gasteiger partial charge in [0.15, 0.2) is 0 Å². The van der Waals surface area contributed by atoms with Crippen LogP contribution in [0.5, 0.6) is 0 Å². The summed E-state index contributed by atoms with van der Waals surface area (Å²) in [6.07, 6.45) is 0. The molecule has 9 rings (SSSR count). The van der Waals surface area contributed by atoms with Crippen molar-refractivity contribution in [1.29, 1.82) is 0 Å². The zero-order chi connectivity index (χ0) is 38.7. The van der Waals surface area contributed by atoms with Crippen molar-refractivity contribution in [2.75, 3.05) is 9.80 Å². The van der Waals surface area contributed by atoms with Crippen LogP contribution in [0.3, 0.4) is 0 Å². The highest BCUT2D eigenvalue weighted by atomic mass is 32.1. The van der Waals surface area contributed by atoms with Gasteiger partial charge in [0.1, 0.15) is 0 Å². The Morgan fingerprint density at radius 1 is 0.509 bits per heavy atom. The van der Waals surface area contributed by atoms with E-state index >= 15 is 0 Å². The number of hydrogen-bond donors (Lipinski definition) is 0. The van der Waals surface area contributed by atoms with Gasteiger partial charge in [-0.3, -0.25) is 0 Å². The molecule has 3 heterocycles. The van der Waals surface area contributed by atoms with Crippen molar-refractivity contribution in [1.82, 2.24) is 0 Å². The largest absolute Gasteiger partial charge is 0.311 e. The summed E-state index contributed by atoms with van der Waals surface area (Å²) in [7, 11) is 0. The second-order valence-electron chi connectivity index (χ2n) is 18.3. The van der Waals surface area contributed by atoms with E-state index in [0.717, 1.165) is 0 Å². The highest BCUT2D eigenvalue weighted by Crippen LogP contribution is 2.50. The third-order valence-corrected chi connectivity index (χ3v) is 13.2. The Labute approximate surface area is 332 Å². The van der Waals surface area contributed by atoms with Gasteiger partial charge in [0.25, 0.3) is 6.71 Å². The van der Waals surface area contributed by atoms with Crippen LogP contribution in [0.1, 0.15) is 80.5 Å². The van der Waals surface area contributed by atoms with Crippen LogP contribution in [0.2, 0.25) is 0 Å². The van der Waals surface area contributed by atoms with Crippen LogP contribution in [-0.2, 0) is 10.8 Å². The first-order valence-corrected chi connectivity index (χ1v) is 20.6. The SMILES string of the molecule is Cc1ccc(N2c3ccc(C)cc3B3c4sc5ccc(C(C)(C)C)cc5c4N(c4ccc(C(C)(C)C)cc4)c4cc(-c5c(C)cc(C)cc5C)cc2c43)cc1. The molecule has 2 aliphatic rings. The van der Waals surface area contributed by atoms with Gasteiger partial charge in [0, 0.05) is 43.3 Å². The van der Waals surface area contributed by atoms with E-state index in [1.54, 1.807) is 0 Å². The molecule has 0 atom stereocenters. The average Bonchev–Trinajstić information content (AvgIpc) is 3.49. The number of benzene rings is 6. The van der Waals surface area contributed by atoms with E-state index in [0.29, 0.717) is 0 Å². The Morgan fingerprint density at radius 2 is 1.07 bits per heavy atom. The summed E-state index contributed by atoms with van der Waals surface area (Å²) in [6, 6.07) is 42.5. The molecule has 2 aliphatic heterocycles. The lowest BCUT2D eigenvalue weighted by molar-refractivity contribution is 0.590. The number of aryl methyl sites for hydroxylation is 5. The smallest absolute Gasteiger partial charge is 0.264 e. The molecule has 274 valence electrons. The monoisotopic (exact) mass is 734 g/mol. The molecular weight excluding hydrogens is 683 g/mol. The predicted molar refractivity (Wildman–Crippen MR) is 242 cm³/mol. The molecule has 0 saturated carbocycles. The summed E-state index contributed by atoms with van der Waals surface area (Å²) in [5, 5.41) is 1.34. The van der Waals surface area contributed by atoms with Crippen LogP contribution in [0.15, 0.2) is 109 Å². The highest BCUT2D eigenvalue weighted by molar-refractivity contribution is 7.33. The fourth-order valence-electron chi connectivity index (χ4n) is 9.20. The van der Waals surface area contributed by atoms with Crippen LogP contribution in [0.4, 0.5) is 34.1 Å². The summed E-state index contributed by atoms with van der Waals surface area (Å²) < 4.78 is 2.75. The summed E-state index contributed by atoms with van der Waals surface area (Å²) in [4.78, 5) is 5.17. The quantitative estimate of drug-likeness (QED) is 0.167. The van der Waals surface area contributed by atoms with Gasteiger partial charge in [-0.05, 0) is 144 Å². The molecule has 4 heteroatoms. The Kier molecular flexibility index (Phi) is 8.09. The lowest BCUT2D eigenvalue weighted by Gasteiger charge is -2.43. The molecule has 0 amide bonds. The first-order chi connectivity index (χ1) is 26.1. The van der Waals surface area contributed by atoms with Crippen molar-refractivity contribution in [3.8, 4) is 11.1 Å². The summed E-state index contributed by atoms with van der Waals surface area (Å²) in [6.45, 7) is 25.2. The Balaban J connectivity index is 1.45. The lowest BCUT2D eigenvalue weighted by Crippen LogP contribution is -2.60. The van der Waals surface area contributed by atoms with Crippen LogP contribution >= 0.6 is 11.3 Å². The number of nitrogens with zero attached hydrogens (tertiary/aromatic N) is 2. The van der Waals surface area contributed by atoms with Crippen molar-refractivity contribution in [2.24, 2.45) is 0 Å². The number of rotatable bonds is 3. The molecule has 7 aromatic rings. The number of fused-ring (bicyclic) bond motifs is 6. The Hall–Kier alpha value is -5.06. The van der Waals surface area contributed by atoms with Crippen LogP contribution in [0, 0.1) is 34.6 Å². The Bertz CT molecular complexity index is 2640. The van der Waals surface area contributed by atoms with Crippen LogP contribution in [0.25, 0.3) is 21.2 Å². The van der Waals surface area contributed by atoms with E-state index in [-0.39, 0.29) is 17.5 Å². The van der Waals surface area contributed by atoms with Gasteiger partial charge in [-0.15, -0.1) is 11.3 Å². The van der Waals surface area contributed by atoms with Crippen molar-refractivity contribution >= 4 is 78.0 Å². The molecule has 0 saturated heterocycles. The topological polar surface area (TPSA) is 6.48 Å². The molecule has 1 aromatic heterocycles. The fourth-order valence-corrected chi connectivity index (χ4v) is 10.5. The van der Waals surface area contributed by atoms with E-state index in [1.165, 1.54) is 110 Å². The van der Waals surface area contributed by atoms with Gasteiger partial charge >= 0.3 is 0 Å². The second kappa shape index (κ2) is 12.5. The molecule has 55 heavy (non-hydrogen) atoms. The maximum Gasteiger partial charge on any atom is 0.264 e. The first kappa shape index (κ1) is 35.6. The summed E-state index contributed by atoms with van der Waals surface area (Å²) in [5.74, 6) is 0. The summed E-state index contributed by atoms with van der Waals surface area (Å²) >= 11 is 1.98. The number of thiophene rings is 1. The molecule has 0 radical (unpaired) electrons.